The van der Waals surface area contributed by atoms with Crippen LogP contribution in [0.5, 0.6) is 0 Å². The van der Waals surface area contributed by atoms with Crippen LogP contribution in [0.3, 0.4) is 0 Å². The van der Waals surface area contributed by atoms with E-state index >= 15 is 0 Å². The molecule has 3 heteroatoms. The van der Waals surface area contributed by atoms with Gasteiger partial charge in [0.2, 0.25) is 0 Å². The van der Waals surface area contributed by atoms with E-state index in [1.165, 1.54) is 10.6 Å². The number of rotatable bonds is 5. The van der Waals surface area contributed by atoms with E-state index in [0.717, 1.165) is 18.5 Å². The van der Waals surface area contributed by atoms with Crippen LogP contribution in [-0.4, -0.2) is 18.7 Å². The minimum Gasteiger partial charge on any atom is -0.389 e. The van der Waals surface area contributed by atoms with Gasteiger partial charge in [-0.25, -0.2) is 0 Å². The minimum atomic E-state index is -0.393. The van der Waals surface area contributed by atoms with Crippen LogP contribution < -0.4 is 4.90 Å². The Morgan fingerprint density at radius 3 is 2.50 bits per heavy atom. The largest absolute Gasteiger partial charge is 0.389 e. The predicted octanol–water partition coefficient (Wildman–Crippen LogP) is 3.48. The van der Waals surface area contributed by atoms with E-state index in [4.69, 9.17) is 0 Å². The number of hydrogen-bond acceptors (Lipinski definition) is 3. The molecule has 1 unspecified atom stereocenters. The van der Waals surface area contributed by atoms with Crippen LogP contribution in [0.1, 0.15) is 23.5 Å². The molecule has 1 atom stereocenters. The fourth-order valence-corrected chi connectivity index (χ4v) is 2.57. The molecule has 0 aliphatic heterocycles. The molecule has 0 bridgehead atoms. The third-order valence-corrected chi connectivity index (χ3v) is 4.03. The van der Waals surface area contributed by atoms with Crippen LogP contribution >= 0.6 is 11.3 Å². The summed E-state index contributed by atoms with van der Waals surface area (Å²) in [4.78, 5) is 3.66. The Bertz CT molecular complexity index is 462. The molecule has 2 aromatic rings. The highest BCUT2D eigenvalue weighted by Crippen LogP contribution is 2.19. The van der Waals surface area contributed by atoms with Crippen molar-refractivity contribution >= 4 is 17.0 Å². The highest BCUT2D eigenvalue weighted by molar-refractivity contribution is 7.09. The van der Waals surface area contributed by atoms with Crippen LogP contribution in [-0.2, 0) is 6.42 Å². The van der Waals surface area contributed by atoms with Crippen molar-refractivity contribution in [1.82, 2.24) is 0 Å². The topological polar surface area (TPSA) is 23.5 Å². The predicted molar refractivity (Wildman–Crippen MR) is 78.4 cm³/mol. The number of likely N-dealkylation sites (N-methyl/N-ethyl adjacent to an activating group) is 1. The number of aliphatic hydroxyl groups is 1. The van der Waals surface area contributed by atoms with Gasteiger partial charge in [-0.2, -0.15) is 0 Å². The zero-order valence-electron chi connectivity index (χ0n) is 10.8. The van der Waals surface area contributed by atoms with Gasteiger partial charge in [0.25, 0.3) is 0 Å². The molecule has 0 fully saturated rings. The van der Waals surface area contributed by atoms with Gasteiger partial charge in [-0.3, -0.25) is 0 Å². The maximum absolute atomic E-state index is 9.47. The maximum atomic E-state index is 9.47. The molecule has 1 N–H and O–H groups in total. The Balaban J connectivity index is 1.94. The Morgan fingerprint density at radius 2 is 1.94 bits per heavy atom. The van der Waals surface area contributed by atoms with Gasteiger partial charge in [-0.15, -0.1) is 11.3 Å². The lowest BCUT2D eigenvalue weighted by Gasteiger charge is -2.19. The summed E-state index contributed by atoms with van der Waals surface area (Å²) in [5, 5.41) is 11.6. The Morgan fingerprint density at radius 1 is 1.22 bits per heavy atom. The van der Waals surface area contributed by atoms with E-state index in [9.17, 15) is 5.11 Å². The molecule has 2 nitrogen and oxygen atoms in total. The first kappa shape index (κ1) is 13.1. The maximum Gasteiger partial charge on any atom is 0.0761 e. The number of benzene rings is 1. The molecule has 1 aromatic heterocycles. The lowest BCUT2D eigenvalue weighted by molar-refractivity contribution is 0.199. The highest BCUT2D eigenvalue weighted by Gasteiger charge is 2.04. The summed E-state index contributed by atoms with van der Waals surface area (Å²) in [5.74, 6) is 0. The van der Waals surface area contributed by atoms with Gasteiger partial charge in [-0.05, 0) is 42.5 Å². The molecule has 1 heterocycles. The van der Waals surface area contributed by atoms with Crippen molar-refractivity contribution in [1.29, 1.82) is 0 Å². The Hall–Kier alpha value is -1.32. The molecule has 0 radical (unpaired) electrons. The van der Waals surface area contributed by atoms with Crippen molar-refractivity contribution in [2.45, 2.75) is 19.4 Å². The second kappa shape index (κ2) is 6.03. The number of thiophene rings is 1. The molecule has 0 saturated carbocycles. The molecule has 2 rings (SSSR count). The summed E-state index contributed by atoms with van der Waals surface area (Å²) >= 11 is 1.81. The standard InChI is InChI=1S/C15H19NOS/c1-12(17)13-5-7-14(8-6-13)16(2)10-9-15-4-3-11-18-15/h3-8,11-12,17H,9-10H2,1-2H3. The van der Waals surface area contributed by atoms with E-state index in [0.29, 0.717) is 0 Å². The third-order valence-electron chi connectivity index (χ3n) is 3.09. The number of hydrogen-bond donors (Lipinski definition) is 1. The van der Waals surface area contributed by atoms with Crippen LogP contribution in [0, 0.1) is 0 Å². The molecular formula is C15H19NOS. The van der Waals surface area contributed by atoms with Gasteiger partial charge in [0.1, 0.15) is 0 Å². The number of nitrogens with zero attached hydrogens (tertiary/aromatic N) is 1. The van der Waals surface area contributed by atoms with Crippen molar-refractivity contribution in [2.24, 2.45) is 0 Å². The molecule has 0 aliphatic carbocycles. The van der Waals surface area contributed by atoms with Crippen LogP contribution in [0.15, 0.2) is 41.8 Å². The number of anilines is 1. The first-order chi connectivity index (χ1) is 8.66. The minimum absolute atomic E-state index is 0.393. The molecule has 0 amide bonds. The highest BCUT2D eigenvalue weighted by atomic mass is 32.1. The van der Waals surface area contributed by atoms with Crippen molar-refractivity contribution in [3.8, 4) is 0 Å². The molecule has 18 heavy (non-hydrogen) atoms. The second-order valence-corrected chi connectivity index (χ2v) is 5.55. The molecule has 0 spiro atoms. The van der Waals surface area contributed by atoms with Gasteiger partial charge >= 0.3 is 0 Å². The van der Waals surface area contributed by atoms with Crippen LogP contribution in [0.4, 0.5) is 5.69 Å². The van der Waals surface area contributed by atoms with Gasteiger partial charge in [0, 0.05) is 24.2 Å². The van der Waals surface area contributed by atoms with E-state index < -0.39 is 6.10 Å². The summed E-state index contributed by atoms with van der Waals surface area (Å²) in [6, 6.07) is 12.4. The van der Waals surface area contributed by atoms with E-state index in [1.807, 2.05) is 12.1 Å². The zero-order valence-corrected chi connectivity index (χ0v) is 11.7. The summed E-state index contributed by atoms with van der Waals surface area (Å²) in [5.41, 5.74) is 2.15. The fraction of sp³-hybridized carbons (Fsp3) is 0.333. The average Bonchev–Trinajstić information content (AvgIpc) is 2.89. The van der Waals surface area contributed by atoms with Gasteiger partial charge in [0.05, 0.1) is 6.10 Å². The molecular weight excluding hydrogens is 242 g/mol. The van der Waals surface area contributed by atoms with Crippen molar-refractivity contribution < 1.29 is 5.11 Å². The van der Waals surface area contributed by atoms with E-state index in [1.54, 1.807) is 18.3 Å². The zero-order chi connectivity index (χ0) is 13.0. The normalized spacial score (nSPS) is 12.4. The molecule has 0 saturated heterocycles. The molecule has 96 valence electrons. The van der Waals surface area contributed by atoms with Crippen molar-refractivity contribution in [3.63, 3.8) is 0 Å². The van der Waals surface area contributed by atoms with Gasteiger partial charge in [0.15, 0.2) is 0 Å². The quantitative estimate of drug-likeness (QED) is 0.890. The fourth-order valence-electron chi connectivity index (χ4n) is 1.87. The third kappa shape index (κ3) is 3.34. The SMILES string of the molecule is CC(O)c1ccc(N(C)CCc2cccs2)cc1. The summed E-state index contributed by atoms with van der Waals surface area (Å²) in [7, 11) is 2.10. The molecule has 1 aromatic carbocycles. The smallest absolute Gasteiger partial charge is 0.0761 e. The first-order valence-corrected chi connectivity index (χ1v) is 7.06. The van der Waals surface area contributed by atoms with Crippen molar-refractivity contribution in [2.75, 3.05) is 18.5 Å². The Labute approximate surface area is 113 Å². The summed E-state index contributed by atoms with van der Waals surface area (Å²) < 4.78 is 0. The van der Waals surface area contributed by atoms with Gasteiger partial charge < -0.3 is 10.0 Å². The second-order valence-electron chi connectivity index (χ2n) is 4.52. The molecule has 0 aliphatic rings. The van der Waals surface area contributed by atoms with E-state index in [-0.39, 0.29) is 0 Å². The lowest BCUT2D eigenvalue weighted by Crippen LogP contribution is -2.19. The van der Waals surface area contributed by atoms with Crippen LogP contribution in [0.25, 0.3) is 0 Å². The van der Waals surface area contributed by atoms with Crippen LogP contribution in [0.2, 0.25) is 0 Å². The van der Waals surface area contributed by atoms with Gasteiger partial charge in [-0.1, -0.05) is 18.2 Å². The summed E-state index contributed by atoms with van der Waals surface area (Å²) in [6.45, 7) is 2.80. The Kier molecular flexibility index (Phi) is 4.39. The monoisotopic (exact) mass is 261 g/mol. The summed E-state index contributed by atoms with van der Waals surface area (Å²) in [6.07, 6.45) is 0.683. The number of aliphatic hydroxyl groups excluding tert-OH is 1. The lowest BCUT2D eigenvalue weighted by atomic mass is 10.1. The average molecular weight is 261 g/mol. The first-order valence-electron chi connectivity index (χ1n) is 6.18. The van der Waals surface area contributed by atoms with E-state index in [2.05, 4.69) is 41.6 Å². The van der Waals surface area contributed by atoms with Crippen molar-refractivity contribution in [3.05, 3.63) is 52.2 Å².